The van der Waals surface area contributed by atoms with Crippen LogP contribution in [0.3, 0.4) is 0 Å². The number of aromatic amines is 1. The molecule has 0 fully saturated rings. The maximum absolute atomic E-state index is 11.8. The Bertz CT molecular complexity index is 1120. The highest BCUT2D eigenvalue weighted by molar-refractivity contribution is 7.25. The number of hydrogen-bond donors (Lipinski definition) is 2. The number of benzene rings is 2. The SMILES string of the molecule is CCN(CC)CCn1[nH]c2c3ccc(=O)cc3sc3c(N)ccc1c32. The highest BCUT2D eigenvalue weighted by atomic mass is 32.1. The van der Waals surface area contributed by atoms with E-state index in [9.17, 15) is 4.79 Å². The number of nitrogens with one attached hydrogen (secondary N) is 1. The molecule has 4 rings (SSSR count). The van der Waals surface area contributed by atoms with E-state index >= 15 is 0 Å². The van der Waals surface area contributed by atoms with Crippen LogP contribution in [0, 0.1) is 0 Å². The summed E-state index contributed by atoms with van der Waals surface area (Å²) in [4.78, 5) is 14.2. The largest absolute Gasteiger partial charge is 0.398 e. The van der Waals surface area contributed by atoms with Crippen LogP contribution in [0.5, 0.6) is 0 Å². The molecule has 0 bridgehead atoms. The van der Waals surface area contributed by atoms with Crippen molar-refractivity contribution < 1.29 is 0 Å². The lowest BCUT2D eigenvalue weighted by Gasteiger charge is -2.18. The number of fused-ring (bicyclic) bond motifs is 2. The molecule has 2 aromatic carbocycles. The summed E-state index contributed by atoms with van der Waals surface area (Å²) in [5, 5.41) is 5.80. The maximum Gasteiger partial charge on any atom is 0.180 e. The van der Waals surface area contributed by atoms with Gasteiger partial charge in [-0.2, -0.15) is 0 Å². The van der Waals surface area contributed by atoms with Crippen LogP contribution >= 0.6 is 11.3 Å². The zero-order chi connectivity index (χ0) is 17.6. The monoisotopic (exact) mass is 354 g/mol. The van der Waals surface area contributed by atoms with Gasteiger partial charge in [-0.1, -0.05) is 13.8 Å². The quantitative estimate of drug-likeness (QED) is 0.425. The molecule has 0 aliphatic carbocycles. The zero-order valence-corrected chi connectivity index (χ0v) is 15.3. The van der Waals surface area contributed by atoms with Crippen LogP contribution in [0.2, 0.25) is 0 Å². The number of hydrogen-bond acceptors (Lipinski definition) is 4. The summed E-state index contributed by atoms with van der Waals surface area (Å²) in [5.74, 6) is 0. The molecule has 0 aliphatic rings. The Balaban J connectivity index is 1.96. The third-order valence-corrected chi connectivity index (χ3v) is 6.12. The fraction of sp³-hybridized carbons (Fsp3) is 0.316. The molecule has 25 heavy (non-hydrogen) atoms. The summed E-state index contributed by atoms with van der Waals surface area (Å²) in [6, 6.07) is 9.29. The first-order chi connectivity index (χ1) is 12.1. The highest BCUT2D eigenvalue weighted by Gasteiger charge is 2.15. The van der Waals surface area contributed by atoms with Crippen molar-refractivity contribution in [3.05, 3.63) is 40.6 Å². The van der Waals surface area contributed by atoms with Crippen molar-refractivity contribution in [3.8, 4) is 0 Å². The van der Waals surface area contributed by atoms with E-state index in [0.29, 0.717) is 0 Å². The van der Waals surface area contributed by atoms with E-state index in [0.717, 1.165) is 63.1 Å². The standard InChI is InChI=1S/C19H22N4OS/c1-3-22(4-2)9-10-23-15-8-7-14(20)19-17(15)18(21-23)13-6-5-12(24)11-16(13)25-19/h5-8,11,21H,3-4,9-10,20H2,1-2H3. The molecule has 5 nitrogen and oxygen atoms in total. The molecule has 2 aromatic heterocycles. The second-order valence-electron chi connectivity index (χ2n) is 6.30. The van der Waals surface area contributed by atoms with E-state index in [1.54, 1.807) is 23.5 Å². The number of anilines is 1. The smallest absolute Gasteiger partial charge is 0.180 e. The molecule has 130 valence electrons. The number of nitrogens with two attached hydrogens (primary N) is 1. The fourth-order valence-corrected chi connectivity index (χ4v) is 4.64. The van der Waals surface area contributed by atoms with Crippen LogP contribution in [-0.2, 0) is 6.54 Å². The number of rotatable bonds is 5. The van der Waals surface area contributed by atoms with Crippen LogP contribution in [0.4, 0.5) is 5.69 Å². The summed E-state index contributed by atoms with van der Waals surface area (Å²) in [7, 11) is 0. The molecule has 0 spiro atoms. The number of nitrogens with zero attached hydrogens (tertiary/aromatic N) is 2. The summed E-state index contributed by atoms with van der Waals surface area (Å²) in [6.07, 6.45) is 0. The second kappa shape index (κ2) is 6.20. The molecule has 3 N–H and O–H groups in total. The Labute approximate surface area is 149 Å². The Morgan fingerprint density at radius 2 is 2.00 bits per heavy atom. The molecule has 0 atom stereocenters. The Kier molecular flexibility index (Phi) is 4.01. The van der Waals surface area contributed by atoms with Crippen LogP contribution < -0.4 is 11.2 Å². The van der Waals surface area contributed by atoms with Crippen LogP contribution in [0.25, 0.3) is 31.2 Å². The first-order valence-corrected chi connectivity index (χ1v) is 9.49. The molecule has 0 unspecified atom stereocenters. The molecule has 6 heteroatoms. The summed E-state index contributed by atoms with van der Waals surface area (Å²) in [5.41, 5.74) is 9.25. The van der Waals surface area contributed by atoms with E-state index in [-0.39, 0.29) is 5.43 Å². The third kappa shape index (κ3) is 2.62. The normalized spacial score (nSPS) is 12.1. The number of nitrogen functional groups attached to an aromatic ring is 1. The van der Waals surface area contributed by atoms with Gasteiger partial charge in [0.2, 0.25) is 0 Å². The van der Waals surface area contributed by atoms with Crippen molar-refractivity contribution in [1.29, 1.82) is 0 Å². The number of likely N-dealkylation sites (N-methyl/N-ethyl adjacent to an activating group) is 1. The first kappa shape index (κ1) is 16.2. The lowest BCUT2D eigenvalue weighted by Crippen LogP contribution is -2.27. The average molecular weight is 354 g/mol. The number of H-pyrrole nitrogens is 1. The molecular formula is C19H22N4OS. The van der Waals surface area contributed by atoms with Crippen molar-refractivity contribution in [2.24, 2.45) is 0 Å². The van der Waals surface area contributed by atoms with Crippen molar-refractivity contribution in [3.63, 3.8) is 0 Å². The lowest BCUT2D eigenvalue weighted by molar-refractivity contribution is 0.287. The van der Waals surface area contributed by atoms with Gasteiger partial charge in [-0.05, 0) is 37.4 Å². The minimum Gasteiger partial charge on any atom is -0.398 e. The topological polar surface area (TPSA) is 67.0 Å². The fourth-order valence-electron chi connectivity index (χ4n) is 3.47. The summed E-state index contributed by atoms with van der Waals surface area (Å²) < 4.78 is 4.22. The Hall–Kier alpha value is -2.31. The molecule has 4 aromatic rings. The van der Waals surface area contributed by atoms with Crippen LogP contribution in [0.1, 0.15) is 13.8 Å². The summed E-state index contributed by atoms with van der Waals surface area (Å²) >= 11 is 1.59. The Morgan fingerprint density at radius 1 is 1.20 bits per heavy atom. The van der Waals surface area contributed by atoms with Gasteiger partial charge in [0.1, 0.15) is 0 Å². The van der Waals surface area contributed by atoms with Crippen molar-refractivity contribution >= 4 is 48.2 Å². The second-order valence-corrected chi connectivity index (χ2v) is 7.36. The summed E-state index contributed by atoms with van der Waals surface area (Å²) in [6.45, 7) is 8.35. The van der Waals surface area contributed by atoms with Gasteiger partial charge < -0.3 is 10.6 Å². The van der Waals surface area contributed by atoms with Crippen LogP contribution in [0.15, 0.2) is 35.1 Å². The van der Waals surface area contributed by atoms with E-state index in [1.807, 2.05) is 12.1 Å². The van der Waals surface area contributed by atoms with E-state index in [1.165, 1.54) is 0 Å². The zero-order valence-electron chi connectivity index (χ0n) is 14.5. The van der Waals surface area contributed by atoms with Gasteiger partial charge in [0.05, 0.1) is 22.3 Å². The van der Waals surface area contributed by atoms with Gasteiger partial charge in [0.15, 0.2) is 5.43 Å². The molecule has 0 amide bonds. The highest BCUT2D eigenvalue weighted by Crippen LogP contribution is 2.39. The molecule has 0 saturated carbocycles. The van der Waals surface area contributed by atoms with Gasteiger partial charge in [-0.3, -0.25) is 14.6 Å². The van der Waals surface area contributed by atoms with Gasteiger partial charge in [-0.25, -0.2) is 0 Å². The molecule has 0 saturated heterocycles. The van der Waals surface area contributed by atoms with Crippen molar-refractivity contribution in [2.75, 3.05) is 25.4 Å². The molecular weight excluding hydrogens is 332 g/mol. The number of aromatic nitrogens is 2. The lowest BCUT2D eigenvalue weighted by atomic mass is 10.1. The van der Waals surface area contributed by atoms with Crippen molar-refractivity contribution in [2.45, 2.75) is 20.4 Å². The third-order valence-electron chi connectivity index (χ3n) is 4.92. The van der Waals surface area contributed by atoms with Crippen LogP contribution in [-0.4, -0.2) is 34.3 Å². The van der Waals surface area contributed by atoms with Gasteiger partial charge >= 0.3 is 0 Å². The predicted molar refractivity (Wildman–Crippen MR) is 108 cm³/mol. The molecule has 2 heterocycles. The minimum absolute atomic E-state index is 0.0291. The minimum atomic E-state index is 0.0291. The van der Waals surface area contributed by atoms with Crippen molar-refractivity contribution in [1.82, 2.24) is 14.7 Å². The predicted octanol–water partition coefficient (Wildman–Crippen LogP) is 3.62. The van der Waals surface area contributed by atoms with E-state index in [4.69, 9.17) is 5.73 Å². The molecule has 0 radical (unpaired) electrons. The average Bonchev–Trinajstić information content (AvgIpc) is 2.98. The maximum atomic E-state index is 11.8. The van der Waals surface area contributed by atoms with Gasteiger partial charge in [0.25, 0.3) is 0 Å². The molecule has 0 aliphatic heterocycles. The Morgan fingerprint density at radius 3 is 2.76 bits per heavy atom. The van der Waals surface area contributed by atoms with Gasteiger partial charge in [0, 0.05) is 33.8 Å². The van der Waals surface area contributed by atoms with E-state index < -0.39 is 0 Å². The van der Waals surface area contributed by atoms with E-state index in [2.05, 4.69) is 34.6 Å². The first-order valence-electron chi connectivity index (χ1n) is 8.68. The van der Waals surface area contributed by atoms with Gasteiger partial charge in [-0.15, -0.1) is 11.3 Å².